The lowest BCUT2D eigenvalue weighted by molar-refractivity contribution is 1.45. The minimum atomic E-state index is 0.537. The lowest BCUT2D eigenvalue weighted by Gasteiger charge is -2.11. The van der Waals surface area contributed by atoms with Gasteiger partial charge in [0.2, 0.25) is 0 Å². The third-order valence-corrected chi connectivity index (χ3v) is 10.2. The normalized spacial score (nSPS) is 11.2. The van der Waals surface area contributed by atoms with E-state index in [0.717, 1.165) is 22.3 Å². The zero-order valence-electron chi connectivity index (χ0n) is 30.1. The topological polar surface area (TPSA) is 47.7 Å². The van der Waals surface area contributed by atoms with Crippen LogP contribution in [0.5, 0.6) is 0 Å². The van der Waals surface area contributed by atoms with Gasteiger partial charge in [-0.25, -0.2) is 0 Å². The van der Waals surface area contributed by atoms with Crippen molar-refractivity contribution in [1.29, 1.82) is 10.8 Å². The largest absolute Gasteiger partial charge is 0.317 e. The second-order valence-electron chi connectivity index (χ2n) is 12.6. The summed E-state index contributed by atoms with van der Waals surface area (Å²) in [5.74, 6) is 0. The molecular formula is C50H42N2S. The number of benzene rings is 7. The van der Waals surface area contributed by atoms with Crippen LogP contribution in [-0.4, -0.2) is 12.4 Å². The highest BCUT2D eigenvalue weighted by molar-refractivity contribution is 7.26. The first-order valence-corrected chi connectivity index (χ1v) is 18.4. The third-order valence-electron chi connectivity index (χ3n) is 9.09. The molecule has 7 aromatic carbocycles. The van der Waals surface area contributed by atoms with Gasteiger partial charge in [-0.3, -0.25) is 5.41 Å². The van der Waals surface area contributed by atoms with Gasteiger partial charge < -0.3 is 5.41 Å². The summed E-state index contributed by atoms with van der Waals surface area (Å²) in [6, 6.07) is 55.9. The molecule has 0 aliphatic rings. The Bertz CT molecular complexity index is 2610. The quantitative estimate of drug-likeness (QED) is 0.123. The first-order chi connectivity index (χ1) is 26.0. The number of thiophene rings is 1. The van der Waals surface area contributed by atoms with Gasteiger partial charge in [0.25, 0.3) is 0 Å². The third kappa shape index (κ3) is 8.23. The molecule has 3 heteroatoms. The van der Waals surface area contributed by atoms with Crippen molar-refractivity contribution < 1.29 is 0 Å². The summed E-state index contributed by atoms with van der Waals surface area (Å²) in [7, 11) is 0. The van der Waals surface area contributed by atoms with E-state index in [1.165, 1.54) is 58.8 Å². The van der Waals surface area contributed by atoms with Crippen molar-refractivity contribution in [2.24, 2.45) is 0 Å². The molecule has 0 fully saturated rings. The highest BCUT2D eigenvalue weighted by Gasteiger charge is 2.13. The molecular weight excluding hydrogens is 661 g/mol. The SMILES string of the molecule is C=C/C=C(C)\C=C/C.C=N.N=C(c1ccccc1)c1cccc(-c2cccc(-c3cccc(-c4cccc5sc6cc7ccccc7cc6c45)c3)c2)c1. The maximum Gasteiger partial charge on any atom is 0.0684 e. The molecule has 0 aliphatic carbocycles. The number of hydrogen-bond donors (Lipinski definition) is 2. The van der Waals surface area contributed by atoms with Gasteiger partial charge in [-0.2, -0.15) is 0 Å². The average molecular weight is 703 g/mol. The standard InChI is InChI=1S/C41H27NS.C8H12.CH3N/c42-41(27-10-2-1-3-11-27)35-19-8-17-31(24-35)29-15-6-14-28(22-29)30-16-7-18-34(23-30)36-20-9-21-38-40(36)37-25-32-12-4-5-13-33(32)26-39(37)43-38;1-4-6-8(3)7-5-2;1-2/h1-26,42H;4-7H,1H2,2-3H3;2H,1H2/b;7-5-,8-6-;. The van der Waals surface area contributed by atoms with E-state index in [1.54, 1.807) is 6.08 Å². The van der Waals surface area contributed by atoms with E-state index >= 15 is 0 Å². The Morgan fingerprint density at radius 1 is 0.566 bits per heavy atom. The van der Waals surface area contributed by atoms with Crippen LogP contribution in [0.3, 0.4) is 0 Å². The van der Waals surface area contributed by atoms with Crippen molar-refractivity contribution in [3.63, 3.8) is 0 Å². The van der Waals surface area contributed by atoms with Crippen molar-refractivity contribution in [3.8, 4) is 33.4 Å². The molecule has 258 valence electrons. The van der Waals surface area contributed by atoms with Crippen LogP contribution in [0, 0.1) is 10.8 Å². The summed E-state index contributed by atoms with van der Waals surface area (Å²) in [4.78, 5) is 0. The molecule has 0 unspecified atom stereocenters. The van der Waals surface area contributed by atoms with Crippen LogP contribution in [-0.2, 0) is 0 Å². The van der Waals surface area contributed by atoms with Crippen molar-refractivity contribution in [2.45, 2.75) is 13.8 Å². The highest BCUT2D eigenvalue weighted by atomic mass is 32.1. The van der Waals surface area contributed by atoms with E-state index in [0.29, 0.717) is 5.71 Å². The van der Waals surface area contributed by atoms with Crippen molar-refractivity contribution in [2.75, 3.05) is 0 Å². The second-order valence-corrected chi connectivity index (χ2v) is 13.7. The van der Waals surface area contributed by atoms with Gasteiger partial charge in [0, 0.05) is 25.7 Å². The molecule has 2 nitrogen and oxygen atoms in total. The van der Waals surface area contributed by atoms with E-state index in [1.807, 2.05) is 85.9 Å². The van der Waals surface area contributed by atoms with E-state index in [-0.39, 0.29) is 0 Å². The molecule has 2 N–H and O–H groups in total. The number of fused-ring (bicyclic) bond motifs is 4. The highest BCUT2D eigenvalue weighted by Crippen LogP contribution is 2.42. The van der Waals surface area contributed by atoms with Crippen molar-refractivity contribution in [1.82, 2.24) is 0 Å². The lowest BCUT2D eigenvalue weighted by atomic mass is 9.93. The summed E-state index contributed by atoms with van der Waals surface area (Å²) in [6.45, 7) is 10.1. The predicted molar refractivity (Wildman–Crippen MR) is 234 cm³/mol. The zero-order valence-corrected chi connectivity index (χ0v) is 31.0. The number of hydrogen-bond acceptors (Lipinski definition) is 3. The van der Waals surface area contributed by atoms with Crippen molar-refractivity contribution >= 4 is 54.7 Å². The van der Waals surface area contributed by atoms with E-state index in [9.17, 15) is 0 Å². The Morgan fingerprint density at radius 3 is 1.77 bits per heavy atom. The van der Waals surface area contributed by atoms with Crippen molar-refractivity contribution in [3.05, 3.63) is 205 Å². The molecule has 0 saturated heterocycles. The summed E-state index contributed by atoms with van der Waals surface area (Å²) in [6.07, 6.45) is 7.81. The maximum absolute atomic E-state index is 8.75. The van der Waals surface area contributed by atoms with Gasteiger partial charge in [-0.15, -0.1) is 11.3 Å². The molecule has 0 spiro atoms. The summed E-state index contributed by atoms with van der Waals surface area (Å²) < 4.78 is 2.64. The molecule has 0 atom stereocenters. The zero-order chi connectivity index (χ0) is 37.2. The minimum Gasteiger partial charge on any atom is -0.317 e. The second kappa shape index (κ2) is 17.2. The summed E-state index contributed by atoms with van der Waals surface area (Å²) in [5.41, 5.74) is 10.7. The van der Waals surface area contributed by atoms with Gasteiger partial charge in [0.05, 0.1) is 5.71 Å². The minimum absolute atomic E-state index is 0.537. The van der Waals surface area contributed by atoms with Crippen LogP contribution in [0.4, 0.5) is 0 Å². The van der Waals surface area contributed by atoms with Crippen LogP contribution in [0.2, 0.25) is 0 Å². The fourth-order valence-electron chi connectivity index (χ4n) is 6.63. The van der Waals surface area contributed by atoms with E-state index in [2.05, 4.69) is 129 Å². The van der Waals surface area contributed by atoms with E-state index < -0.39 is 0 Å². The lowest BCUT2D eigenvalue weighted by Crippen LogP contribution is -2.00. The molecule has 0 saturated carbocycles. The van der Waals surface area contributed by atoms with Gasteiger partial charge in [0.15, 0.2) is 0 Å². The number of allylic oxidation sites excluding steroid dienone is 5. The molecule has 0 radical (unpaired) electrons. The predicted octanol–water partition coefficient (Wildman–Crippen LogP) is 14.6. The maximum atomic E-state index is 8.75. The van der Waals surface area contributed by atoms with Crippen LogP contribution in [0.25, 0.3) is 64.3 Å². The first-order valence-electron chi connectivity index (χ1n) is 17.6. The first kappa shape index (κ1) is 36.4. The Hall–Kier alpha value is -6.42. The summed E-state index contributed by atoms with van der Waals surface area (Å²) >= 11 is 1.87. The molecule has 1 aromatic heterocycles. The fourth-order valence-corrected chi connectivity index (χ4v) is 7.79. The average Bonchev–Trinajstić information content (AvgIpc) is 3.59. The molecule has 1 heterocycles. The van der Waals surface area contributed by atoms with Crippen LogP contribution in [0.1, 0.15) is 25.0 Å². The monoisotopic (exact) mass is 702 g/mol. The molecule has 0 amide bonds. The van der Waals surface area contributed by atoms with Gasteiger partial charge in [-0.1, -0.05) is 158 Å². The number of nitrogens with one attached hydrogen (secondary N) is 2. The molecule has 0 bridgehead atoms. The van der Waals surface area contributed by atoms with Gasteiger partial charge >= 0.3 is 0 Å². The van der Waals surface area contributed by atoms with Crippen LogP contribution < -0.4 is 0 Å². The Balaban J connectivity index is 0.000000429. The van der Waals surface area contributed by atoms with Crippen LogP contribution in [0.15, 0.2) is 194 Å². The van der Waals surface area contributed by atoms with E-state index in [4.69, 9.17) is 10.8 Å². The molecule has 0 aliphatic heterocycles. The fraction of sp³-hybridized carbons (Fsp3) is 0.0400. The Labute approximate surface area is 316 Å². The molecule has 8 aromatic rings. The van der Waals surface area contributed by atoms with Gasteiger partial charge in [0.1, 0.15) is 0 Å². The summed E-state index contributed by atoms with van der Waals surface area (Å²) in [5, 5.41) is 19.5. The molecule has 53 heavy (non-hydrogen) atoms. The number of rotatable bonds is 7. The smallest absolute Gasteiger partial charge is 0.0684 e. The van der Waals surface area contributed by atoms with Gasteiger partial charge in [-0.05, 0) is 107 Å². The molecule has 8 rings (SSSR count). The Morgan fingerprint density at radius 2 is 1.11 bits per heavy atom. The Kier molecular flexibility index (Phi) is 11.8. The van der Waals surface area contributed by atoms with Crippen LogP contribution >= 0.6 is 11.3 Å².